The second kappa shape index (κ2) is 9.60. The smallest absolute Gasteiger partial charge is 0.253 e. The van der Waals surface area contributed by atoms with Crippen LogP contribution in [-0.2, 0) is 0 Å². The summed E-state index contributed by atoms with van der Waals surface area (Å²) in [6.45, 7) is 12.0. The molecule has 1 heterocycles. The van der Waals surface area contributed by atoms with Crippen LogP contribution in [0.2, 0.25) is 0 Å². The Balaban J connectivity index is 1.68. The lowest BCUT2D eigenvalue weighted by Gasteiger charge is -2.43. The third-order valence-electron chi connectivity index (χ3n) is 6.29. The fourth-order valence-electron chi connectivity index (χ4n) is 3.83. The standard InChI is InChI=1S/C25H34N2O4/c1-7-25(3,4)27-14-12-26(13-15-27)24(28)19-8-10-21(18(2)16-19)31-20-9-11-22(29-5)23(17-20)30-6/h8-11,16-17H,7,12-15H2,1-6H3. The largest absolute Gasteiger partial charge is 0.493 e. The minimum Gasteiger partial charge on any atom is -0.493 e. The molecule has 6 heteroatoms. The van der Waals surface area contributed by atoms with Crippen LogP contribution >= 0.6 is 0 Å². The fourth-order valence-corrected chi connectivity index (χ4v) is 3.83. The molecule has 0 radical (unpaired) electrons. The molecule has 0 atom stereocenters. The molecule has 0 aromatic heterocycles. The van der Waals surface area contributed by atoms with Gasteiger partial charge < -0.3 is 19.1 Å². The van der Waals surface area contributed by atoms with Gasteiger partial charge in [-0.15, -0.1) is 0 Å². The molecule has 1 amide bonds. The van der Waals surface area contributed by atoms with Crippen LogP contribution in [0.15, 0.2) is 36.4 Å². The van der Waals surface area contributed by atoms with E-state index in [1.807, 2.05) is 36.1 Å². The summed E-state index contributed by atoms with van der Waals surface area (Å²) in [6.07, 6.45) is 1.10. The number of carbonyl (C=O) groups excluding carboxylic acids is 1. The number of amides is 1. The van der Waals surface area contributed by atoms with Crippen molar-refractivity contribution >= 4 is 5.91 Å². The third kappa shape index (κ3) is 5.13. The number of benzene rings is 2. The lowest BCUT2D eigenvalue weighted by molar-refractivity contribution is 0.0390. The van der Waals surface area contributed by atoms with Crippen molar-refractivity contribution in [2.24, 2.45) is 0 Å². The van der Waals surface area contributed by atoms with Crippen molar-refractivity contribution in [3.63, 3.8) is 0 Å². The predicted molar refractivity (Wildman–Crippen MR) is 123 cm³/mol. The topological polar surface area (TPSA) is 51.2 Å². The van der Waals surface area contributed by atoms with Crippen molar-refractivity contribution in [2.75, 3.05) is 40.4 Å². The van der Waals surface area contributed by atoms with E-state index < -0.39 is 0 Å². The van der Waals surface area contributed by atoms with E-state index in [-0.39, 0.29) is 11.4 Å². The van der Waals surface area contributed by atoms with Crippen molar-refractivity contribution in [3.05, 3.63) is 47.5 Å². The SMILES string of the molecule is CCC(C)(C)N1CCN(C(=O)c2ccc(Oc3ccc(OC)c(OC)c3)c(C)c2)CC1. The zero-order valence-electron chi connectivity index (χ0n) is 19.5. The number of aryl methyl sites for hydroxylation is 1. The number of hydrogen-bond acceptors (Lipinski definition) is 5. The molecule has 0 unspecified atom stereocenters. The highest BCUT2D eigenvalue weighted by Gasteiger charge is 2.30. The van der Waals surface area contributed by atoms with E-state index >= 15 is 0 Å². The monoisotopic (exact) mass is 426 g/mol. The molecule has 0 bridgehead atoms. The lowest BCUT2D eigenvalue weighted by Crippen LogP contribution is -2.55. The van der Waals surface area contributed by atoms with Crippen molar-refractivity contribution in [1.82, 2.24) is 9.80 Å². The Bertz CT molecular complexity index is 918. The molecule has 0 spiro atoms. The maximum absolute atomic E-state index is 13.0. The van der Waals surface area contributed by atoms with Gasteiger partial charge in [0.25, 0.3) is 5.91 Å². The van der Waals surface area contributed by atoms with E-state index in [0.717, 1.165) is 38.2 Å². The summed E-state index contributed by atoms with van der Waals surface area (Å²) >= 11 is 0. The first-order valence-corrected chi connectivity index (χ1v) is 10.8. The summed E-state index contributed by atoms with van der Waals surface area (Å²) in [6, 6.07) is 11.0. The number of methoxy groups -OCH3 is 2. The lowest BCUT2D eigenvalue weighted by atomic mass is 9.98. The van der Waals surface area contributed by atoms with Crippen LogP contribution in [0.1, 0.15) is 43.1 Å². The average Bonchev–Trinajstić information content (AvgIpc) is 2.79. The van der Waals surface area contributed by atoms with E-state index in [1.165, 1.54) is 0 Å². The first kappa shape index (κ1) is 22.9. The molecule has 2 aromatic rings. The maximum Gasteiger partial charge on any atom is 0.253 e. The van der Waals surface area contributed by atoms with Crippen molar-refractivity contribution in [2.45, 2.75) is 39.7 Å². The van der Waals surface area contributed by atoms with Gasteiger partial charge >= 0.3 is 0 Å². The van der Waals surface area contributed by atoms with Gasteiger partial charge in [0.05, 0.1) is 14.2 Å². The first-order chi connectivity index (χ1) is 14.8. The fraction of sp³-hybridized carbons (Fsp3) is 0.480. The van der Waals surface area contributed by atoms with E-state index in [4.69, 9.17) is 14.2 Å². The summed E-state index contributed by atoms with van der Waals surface area (Å²) < 4.78 is 16.6. The van der Waals surface area contributed by atoms with Crippen LogP contribution in [0.3, 0.4) is 0 Å². The molecule has 3 rings (SSSR count). The van der Waals surface area contributed by atoms with Crippen LogP contribution in [0.25, 0.3) is 0 Å². The van der Waals surface area contributed by atoms with Gasteiger partial charge in [-0.05, 0) is 63.1 Å². The minimum atomic E-state index is 0.0784. The summed E-state index contributed by atoms with van der Waals surface area (Å²) in [5.41, 5.74) is 1.78. The highest BCUT2D eigenvalue weighted by molar-refractivity contribution is 5.94. The number of rotatable bonds is 7. The Hall–Kier alpha value is -2.73. The Morgan fingerprint density at radius 1 is 0.935 bits per heavy atom. The zero-order chi connectivity index (χ0) is 22.6. The molecule has 6 nitrogen and oxygen atoms in total. The maximum atomic E-state index is 13.0. The molecule has 1 fully saturated rings. The van der Waals surface area contributed by atoms with Crippen LogP contribution in [0, 0.1) is 6.92 Å². The van der Waals surface area contributed by atoms with Gasteiger partial charge in [-0.1, -0.05) is 6.92 Å². The summed E-state index contributed by atoms with van der Waals surface area (Å²) in [4.78, 5) is 17.5. The Morgan fingerprint density at radius 2 is 1.58 bits per heavy atom. The quantitative estimate of drug-likeness (QED) is 0.639. The van der Waals surface area contributed by atoms with E-state index in [2.05, 4.69) is 25.7 Å². The van der Waals surface area contributed by atoms with Gasteiger partial charge in [0.1, 0.15) is 11.5 Å². The van der Waals surface area contributed by atoms with Crippen molar-refractivity contribution < 1.29 is 19.0 Å². The number of hydrogen-bond donors (Lipinski definition) is 0. The highest BCUT2D eigenvalue weighted by Crippen LogP contribution is 2.34. The predicted octanol–water partition coefficient (Wildman–Crippen LogP) is 4.75. The van der Waals surface area contributed by atoms with Crippen LogP contribution in [0.4, 0.5) is 0 Å². The first-order valence-electron chi connectivity index (χ1n) is 10.8. The van der Waals surface area contributed by atoms with Crippen LogP contribution in [-0.4, -0.2) is 61.6 Å². The molecule has 31 heavy (non-hydrogen) atoms. The Morgan fingerprint density at radius 3 is 2.16 bits per heavy atom. The van der Waals surface area contributed by atoms with E-state index in [0.29, 0.717) is 28.6 Å². The molecule has 0 N–H and O–H groups in total. The molecule has 0 saturated carbocycles. The highest BCUT2D eigenvalue weighted by atomic mass is 16.5. The normalized spacial score (nSPS) is 15.0. The molecule has 168 valence electrons. The average molecular weight is 427 g/mol. The summed E-state index contributed by atoms with van der Waals surface area (Å²) in [5.74, 6) is 2.69. The Labute approximate surface area is 185 Å². The van der Waals surface area contributed by atoms with Crippen LogP contribution in [0.5, 0.6) is 23.0 Å². The zero-order valence-corrected chi connectivity index (χ0v) is 19.5. The molecule has 1 aliphatic heterocycles. The molecular formula is C25H34N2O4. The number of piperazine rings is 1. The van der Waals surface area contributed by atoms with Gasteiger partial charge in [0.2, 0.25) is 0 Å². The number of ether oxygens (including phenoxy) is 3. The minimum absolute atomic E-state index is 0.0784. The van der Waals surface area contributed by atoms with Crippen LogP contribution < -0.4 is 14.2 Å². The number of carbonyl (C=O) groups is 1. The third-order valence-corrected chi connectivity index (χ3v) is 6.29. The van der Waals surface area contributed by atoms with Gasteiger partial charge in [-0.3, -0.25) is 9.69 Å². The molecule has 1 aliphatic rings. The van der Waals surface area contributed by atoms with E-state index in [1.54, 1.807) is 26.4 Å². The molecule has 2 aromatic carbocycles. The van der Waals surface area contributed by atoms with Gasteiger partial charge in [-0.25, -0.2) is 0 Å². The van der Waals surface area contributed by atoms with Crippen molar-refractivity contribution in [1.29, 1.82) is 0 Å². The van der Waals surface area contributed by atoms with Gasteiger partial charge in [-0.2, -0.15) is 0 Å². The molecule has 0 aliphatic carbocycles. The number of nitrogens with zero attached hydrogens (tertiary/aromatic N) is 2. The Kier molecular flexibility index (Phi) is 7.11. The van der Waals surface area contributed by atoms with E-state index in [9.17, 15) is 4.79 Å². The summed E-state index contributed by atoms with van der Waals surface area (Å²) in [7, 11) is 3.19. The summed E-state index contributed by atoms with van der Waals surface area (Å²) in [5, 5.41) is 0. The molecule has 1 saturated heterocycles. The van der Waals surface area contributed by atoms with Gasteiger partial charge in [0.15, 0.2) is 11.5 Å². The second-order valence-corrected chi connectivity index (χ2v) is 8.54. The second-order valence-electron chi connectivity index (χ2n) is 8.54. The van der Waals surface area contributed by atoms with Gasteiger partial charge in [0, 0.05) is 43.3 Å². The molecular weight excluding hydrogens is 392 g/mol. The van der Waals surface area contributed by atoms with Crippen molar-refractivity contribution in [3.8, 4) is 23.0 Å².